The highest BCUT2D eigenvalue weighted by molar-refractivity contribution is 7.92. The van der Waals surface area contributed by atoms with Crippen molar-refractivity contribution >= 4 is 27.2 Å². The van der Waals surface area contributed by atoms with Crippen LogP contribution in [-0.2, 0) is 10.0 Å². The highest BCUT2D eigenvalue weighted by atomic mass is 32.2. The number of anilines is 1. The second kappa shape index (κ2) is 13.1. The van der Waals surface area contributed by atoms with Crippen LogP contribution in [0, 0.1) is 5.92 Å². The summed E-state index contributed by atoms with van der Waals surface area (Å²) >= 11 is 1.37. The number of para-hydroxylation sites is 2. The molecule has 212 valence electrons. The van der Waals surface area contributed by atoms with Crippen molar-refractivity contribution in [2.24, 2.45) is 5.92 Å². The first-order chi connectivity index (χ1) is 19.2. The van der Waals surface area contributed by atoms with Gasteiger partial charge in [-0.25, -0.2) is 17.7 Å². The van der Waals surface area contributed by atoms with Gasteiger partial charge in [-0.05, 0) is 41.6 Å². The van der Waals surface area contributed by atoms with E-state index in [9.17, 15) is 18.6 Å². The van der Waals surface area contributed by atoms with E-state index in [1.54, 1.807) is 48.5 Å². The van der Waals surface area contributed by atoms with E-state index in [0.717, 1.165) is 0 Å². The van der Waals surface area contributed by atoms with Crippen molar-refractivity contribution in [1.29, 1.82) is 0 Å². The zero-order chi connectivity index (χ0) is 28.7. The first kappa shape index (κ1) is 29.3. The second-order valence-electron chi connectivity index (χ2n) is 9.13. The van der Waals surface area contributed by atoms with Gasteiger partial charge in [-0.15, -0.1) is 11.3 Å². The van der Waals surface area contributed by atoms with Gasteiger partial charge >= 0.3 is 0 Å². The molecule has 0 aliphatic rings. The molecule has 0 aliphatic carbocycles. The van der Waals surface area contributed by atoms with Crippen molar-refractivity contribution < 1.29 is 32.8 Å². The van der Waals surface area contributed by atoms with Crippen molar-refractivity contribution in [3.8, 4) is 33.8 Å². The van der Waals surface area contributed by atoms with Gasteiger partial charge in [-0.2, -0.15) is 4.98 Å². The summed E-state index contributed by atoms with van der Waals surface area (Å²) in [5.74, 6) is 0.529. The Labute approximate surface area is 237 Å². The van der Waals surface area contributed by atoms with Crippen LogP contribution in [0.3, 0.4) is 0 Å². The van der Waals surface area contributed by atoms with E-state index in [-0.39, 0.29) is 53.0 Å². The van der Waals surface area contributed by atoms with E-state index in [0.29, 0.717) is 10.6 Å². The van der Waals surface area contributed by atoms with Gasteiger partial charge in [0.25, 0.3) is 15.9 Å². The number of sulfonamides is 1. The molecule has 0 bridgehead atoms. The zero-order valence-electron chi connectivity index (χ0n) is 22.3. The molecule has 1 unspecified atom stereocenters. The van der Waals surface area contributed by atoms with Crippen LogP contribution < -0.4 is 18.5 Å². The van der Waals surface area contributed by atoms with Crippen molar-refractivity contribution in [1.82, 2.24) is 9.97 Å². The van der Waals surface area contributed by atoms with E-state index in [1.807, 2.05) is 25.3 Å². The fourth-order valence-electron chi connectivity index (χ4n) is 3.68. The van der Waals surface area contributed by atoms with E-state index >= 15 is 0 Å². The second-order valence-corrected chi connectivity index (χ2v) is 11.9. The number of thiophene rings is 1. The van der Waals surface area contributed by atoms with Crippen LogP contribution in [-0.4, -0.2) is 61.6 Å². The number of hydrogen-bond acceptors (Lipinski definition) is 10. The molecule has 2 N–H and O–H groups in total. The Morgan fingerprint density at radius 3 is 2.30 bits per heavy atom. The Balaban J connectivity index is 2.00. The zero-order valence-corrected chi connectivity index (χ0v) is 23.9. The third-order valence-corrected chi connectivity index (χ3v) is 8.20. The van der Waals surface area contributed by atoms with Crippen LogP contribution in [0.25, 0.3) is 10.7 Å². The number of aliphatic hydroxyl groups is 2. The summed E-state index contributed by atoms with van der Waals surface area (Å²) in [6.45, 7) is 2.99. The maximum absolute atomic E-state index is 14.1. The van der Waals surface area contributed by atoms with Gasteiger partial charge in [0, 0.05) is 6.54 Å². The summed E-state index contributed by atoms with van der Waals surface area (Å²) in [5.41, 5.74) is 0. The number of nitrogens with zero attached hydrogens (tertiary/aromatic N) is 3. The molecule has 0 fully saturated rings. The molecule has 12 heteroatoms. The summed E-state index contributed by atoms with van der Waals surface area (Å²) in [4.78, 5) is 10.00. The van der Waals surface area contributed by atoms with Crippen LogP contribution in [0.15, 0.2) is 77.0 Å². The molecule has 1 atom stereocenters. The molecule has 0 radical (unpaired) electrons. The van der Waals surface area contributed by atoms with Gasteiger partial charge < -0.3 is 24.4 Å². The normalized spacial score (nSPS) is 12.2. The Morgan fingerprint density at radius 2 is 1.68 bits per heavy atom. The first-order valence-corrected chi connectivity index (χ1v) is 14.8. The lowest BCUT2D eigenvalue weighted by atomic mass is 10.2. The SMILES string of the molecule is COc1ccccc1Oc1c(OCC(O)CO)nc(-c2cccs2)nc1N(CC(C)C)S(=O)(=O)c1ccccc1. The summed E-state index contributed by atoms with van der Waals surface area (Å²) < 4.78 is 46.9. The predicted octanol–water partition coefficient (Wildman–Crippen LogP) is 4.59. The Kier molecular flexibility index (Phi) is 9.58. The number of methoxy groups -OCH3 is 1. The third kappa shape index (κ3) is 6.70. The van der Waals surface area contributed by atoms with Crippen molar-refractivity contribution in [3.05, 3.63) is 72.1 Å². The average Bonchev–Trinajstić information content (AvgIpc) is 3.51. The topological polar surface area (TPSA) is 131 Å². The molecule has 0 saturated carbocycles. The molecule has 4 aromatic rings. The highest BCUT2D eigenvalue weighted by Crippen LogP contribution is 2.44. The van der Waals surface area contributed by atoms with Crippen molar-refractivity contribution in [3.63, 3.8) is 0 Å². The van der Waals surface area contributed by atoms with E-state index in [1.165, 1.54) is 34.9 Å². The largest absolute Gasteiger partial charge is 0.493 e. The fourth-order valence-corrected chi connectivity index (χ4v) is 5.94. The molecular weight excluding hydrogens is 554 g/mol. The molecule has 0 saturated heterocycles. The van der Waals surface area contributed by atoms with Crippen LogP contribution in [0.5, 0.6) is 23.1 Å². The lowest BCUT2D eigenvalue weighted by molar-refractivity contribution is 0.0513. The number of aromatic nitrogens is 2. The smallest absolute Gasteiger partial charge is 0.265 e. The number of aliphatic hydroxyl groups excluding tert-OH is 2. The standard InChI is InChI=1S/C28H31N3O7S2/c1-19(2)16-31(40(34,35)21-10-5-4-6-11-21)27-25(38-23-13-8-7-12-22(23)36-3)28(37-18-20(33)17-32)30-26(29-27)24-14-9-15-39-24/h4-15,19-20,32-33H,16-18H2,1-3H3. The van der Waals surface area contributed by atoms with Gasteiger partial charge in [-0.3, -0.25) is 0 Å². The van der Waals surface area contributed by atoms with Crippen molar-refractivity contribution in [2.45, 2.75) is 24.8 Å². The number of hydrogen-bond donors (Lipinski definition) is 2. The highest BCUT2D eigenvalue weighted by Gasteiger charge is 2.33. The first-order valence-electron chi connectivity index (χ1n) is 12.5. The lowest BCUT2D eigenvalue weighted by Crippen LogP contribution is -2.35. The average molecular weight is 586 g/mol. The van der Waals surface area contributed by atoms with Crippen LogP contribution in [0.1, 0.15) is 13.8 Å². The molecule has 0 spiro atoms. The molecule has 4 rings (SSSR count). The van der Waals surface area contributed by atoms with Crippen LogP contribution in [0.4, 0.5) is 5.82 Å². The lowest BCUT2D eigenvalue weighted by Gasteiger charge is -2.28. The van der Waals surface area contributed by atoms with E-state index in [4.69, 9.17) is 19.2 Å². The predicted molar refractivity (Wildman–Crippen MR) is 153 cm³/mol. The van der Waals surface area contributed by atoms with Gasteiger partial charge in [-0.1, -0.05) is 50.2 Å². The molecule has 2 aromatic carbocycles. The molecule has 2 heterocycles. The maximum Gasteiger partial charge on any atom is 0.265 e. The number of rotatable bonds is 13. The Bertz CT molecular complexity index is 1500. The fraction of sp³-hybridized carbons (Fsp3) is 0.286. The monoisotopic (exact) mass is 585 g/mol. The minimum Gasteiger partial charge on any atom is -0.493 e. The minimum absolute atomic E-state index is 0.0460. The van der Waals surface area contributed by atoms with Gasteiger partial charge in [0.1, 0.15) is 12.7 Å². The number of benzene rings is 2. The molecule has 40 heavy (non-hydrogen) atoms. The molecule has 2 aromatic heterocycles. The van der Waals surface area contributed by atoms with Crippen molar-refractivity contribution in [2.75, 3.05) is 31.2 Å². The Hall–Kier alpha value is -3.71. The van der Waals surface area contributed by atoms with Gasteiger partial charge in [0.15, 0.2) is 23.1 Å². The number of ether oxygens (including phenoxy) is 3. The minimum atomic E-state index is -4.13. The van der Waals surface area contributed by atoms with Crippen LogP contribution >= 0.6 is 11.3 Å². The maximum atomic E-state index is 14.1. The summed E-state index contributed by atoms with van der Waals surface area (Å²) in [7, 11) is -2.64. The van der Waals surface area contributed by atoms with E-state index in [2.05, 4.69) is 4.98 Å². The Morgan fingerprint density at radius 1 is 0.975 bits per heavy atom. The summed E-state index contributed by atoms with van der Waals surface area (Å²) in [6, 6.07) is 18.5. The molecule has 0 amide bonds. The van der Waals surface area contributed by atoms with Gasteiger partial charge in [0.05, 0.1) is 23.5 Å². The quantitative estimate of drug-likeness (QED) is 0.231. The van der Waals surface area contributed by atoms with Crippen LogP contribution in [0.2, 0.25) is 0 Å². The summed E-state index contributed by atoms with van der Waals surface area (Å²) in [6.07, 6.45) is -1.21. The molecular formula is C28H31N3O7S2. The molecule has 10 nitrogen and oxygen atoms in total. The molecule has 0 aliphatic heterocycles. The summed E-state index contributed by atoms with van der Waals surface area (Å²) in [5, 5.41) is 21.2. The third-order valence-electron chi connectivity index (χ3n) is 5.56. The van der Waals surface area contributed by atoms with Gasteiger partial charge in [0.2, 0.25) is 5.75 Å². The van der Waals surface area contributed by atoms with E-state index < -0.39 is 22.7 Å².